The van der Waals surface area contributed by atoms with Crippen molar-refractivity contribution in [1.29, 1.82) is 0 Å². The van der Waals surface area contributed by atoms with Crippen LogP contribution in [0.25, 0.3) is 0 Å². The van der Waals surface area contributed by atoms with Crippen LogP contribution in [0.2, 0.25) is 5.02 Å². The maximum absolute atomic E-state index is 12.8. The van der Waals surface area contributed by atoms with Crippen LogP contribution in [0.1, 0.15) is 46.0 Å². The summed E-state index contributed by atoms with van der Waals surface area (Å²) < 4.78 is 10.6. The number of carbonyl (C=O) groups excluding carboxylic acids is 2. The molecule has 1 aromatic carbocycles. The Kier molecular flexibility index (Phi) is 6.83. The molecule has 2 rings (SSSR count). The maximum atomic E-state index is 12.8. The van der Waals surface area contributed by atoms with Crippen LogP contribution in [0.15, 0.2) is 18.2 Å². The standard InChI is InChI=1S/C19H23ClN2O4/c1-5-13-16(12(3)23)11(2)21-17(13)19(24)22-15-8-6-7-14(20)18(15)26-10-9-25-4/h6-8,21H,5,9-10H2,1-4H3,(H,22,24). The topological polar surface area (TPSA) is 80.4 Å². The molecule has 26 heavy (non-hydrogen) atoms. The van der Waals surface area contributed by atoms with E-state index in [4.69, 9.17) is 21.1 Å². The smallest absolute Gasteiger partial charge is 0.272 e. The Morgan fingerprint density at radius 2 is 2.00 bits per heavy atom. The number of Topliss-reactive ketones (excluding diaryl/α,β-unsaturated/α-hetero) is 1. The molecule has 2 N–H and O–H groups in total. The second-order valence-electron chi connectivity index (χ2n) is 5.80. The van der Waals surface area contributed by atoms with Gasteiger partial charge in [0.05, 0.1) is 17.3 Å². The first-order valence-corrected chi connectivity index (χ1v) is 8.72. The number of aromatic amines is 1. The zero-order chi connectivity index (χ0) is 19.3. The average molecular weight is 379 g/mol. The highest BCUT2D eigenvalue weighted by atomic mass is 35.5. The van der Waals surface area contributed by atoms with Crippen molar-refractivity contribution in [2.45, 2.75) is 27.2 Å². The van der Waals surface area contributed by atoms with Gasteiger partial charge >= 0.3 is 0 Å². The molecule has 0 aliphatic carbocycles. The summed E-state index contributed by atoms with van der Waals surface area (Å²) >= 11 is 6.20. The Morgan fingerprint density at radius 1 is 1.27 bits per heavy atom. The first kappa shape index (κ1) is 20.0. The molecule has 0 spiro atoms. The van der Waals surface area contributed by atoms with Crippen LogP contribution in [0.4, 0.5) is 5.69 Å². The van der Waals surface area contributed by atoms with Gasteiger partial charge in [-0.3, -0.25) is 9.59 Å². The Bertz CT molecular complexity index is 814. The summed E-state index contributed by atoms with van der Waals surface area (Å²) in [5.41, 5.74) is 2.79. The molecule has 140 valence electrons. The number of methoxy groups -OCH3 is 1. The molecule has 1 heterocycles. The molecule has 0 bridgehead atoms. The molecule has 0 radical (unpaired) electrons. The number of para-hydroxylation sites is 1. The molecule has 7 heteroatoms. The van der Waals surface area contributed by atoms with Crippen molar-refractivity contribution in [3.05, 3.63) is 45.7 Å². The summed E-state index contributed by atoms with van der Waals surface area (Å²) in [7, 11) is 1.57. The quantitative estimate of drug-likeness (QED) is 0.537. The van der Waals surface area contributed by atoms with Crippen molar-refractivity contribution < 1.29 is 19.1 Å². The molecule has 1 aromatic heterocycles. The van der Waals surface area contributed by atoms with Gasteiger partial charge in [-0.2, -0.15) is 0 Å². The van der Waals surface area contributed by atoms with Crippen molar-refractivity contribution in [1.82, 2.24) is 4.98 Å². The number of nitrogens with one attached hydrogen (secondary N) is 2. The first-order chi connectivity index (χ1) is 12.4. The third kappa shape index (κ3) is 4.26. The zero-order valence-electron chi connectivity index (χ0n) is 15.4. The van der Waals surface area contributed by atoms with E-state index in [0.717, 1.165) is 0 Å². The van der Waals surface area contributed by atoms with Crippen LogP contribution in [0.5, 0.6) is 5.75 Å². The summed E-state index contributed by atoms with van der Waals surface area (Å²) in [4.78, 5) is 27.7. The van der Waals surface area contributed by atoms with Gasteiger partial charge in [0.1, 0.15) is 12.3 Å². The van der Waals surface area contributed by atoms with Crippen LogP contribution in [0, 0.1) is 6.92 Å². The fourth-order valence-electron chi connectivity index (χ4n) is 2.87. The third-order valence-corrected chi connectivity index (χ3v) is 4.27. The Morgan fingerprint density at radius 3 is 2.62 bits per heavy atom. The number of amides is 1. The SMILES string of the molecule is CCc1c(C(=O)Nc2cccc(Cl)c2OCCOC)[nH]c(C)c1C(C)=O. The minimum Gasteiger partial charge on any atom is -0.487 e. The molecule has 2 aromatic rings. The summed E-state index contributed by atoms with van der Waals surface area (Å²) in [6.45, 7) is 5.89. The fraction of sp³-hybridized carbons (Fsp3) is 0.368. The number of aryl methyl sites for hydroxylation is 1. The second-order valence-corrected chi connectivity index (χ2v) is 6.21. The number of aromatic nitrogens is 1. The minimum absolute atomic E-state index is 0.0685. The molecule has 0 atom stereocenters. The third-order valence-electron chi connectivity index (χ3n) is 3.97. The summed E-state index contributed by atoms with van der Waals surface area (Å²) in [5, 5.41) is 3.21. The number of hydrogen-bond donors (Lipinski definition) is 2. The van der Waals surface area contributed by atoms with E-state index in [-0.39, 0.29) is 11.7 Å². The van der Waals surface area contributed by atoms with E-state index < -0.39 is 0 Å². The lowest BCUT2D eigenvalue weighted by Gasteiger charge is -2.14. The Hall–Kier alpha value is -2.31. The molecule has 6 nitrogen and oxygen atoms in total. The van der Waals surface area contributed by atoms with Crippen LogP contribution in [-0.4, -0.2) is 37.0 Å². The van der Waals surface area contributed by atoms with Gasteiger partial charge in [0.15, 0.2) is 11.5 Å². The number of ether oxygens (including phenoxy) is 2. The molecular formula is C19H23ClN2O4. The number of H-pyrrole nitrogens is 1. The highest BCUT2D eigenvalue weighted by molar-refractivity contribution is 6.32. The molecule has 0 saturated heterocycles. The van der Waals surface area contributed by atoms with Gasteiger partial charge < -0.3 is 19.8 Å². The predicted octanol–water partition coefficient (Wildman–Crippen LogP) is 4.02. The monoisotopic (exact) mass is 378 g/mol. The van der Waals surface area contributed by atoms with Crippen molar-refractivity contribution in [2.75, 3.05) is 25.6 Å². The van der Waals surface area contributed by atoms with Crippen molar-refractivity contribution >= 4 is 29.0 Å². The summed E-state index contributed by atoms with van der Waals surface area (Å²) in [6, 6.07) is 5.12. The molecule has 0 fully saturated rings. The van der Waals surface area contributed by atoms with Crippen LogP contribution in [0.3, 0.4) is 0 Å². The van der Waals surface area contributed by atoms with Gasteiger partial charge in [-0.15, -0.1) is 0 Å². The highest BCUT2D eigenvalue weighted by Crippen LogP contribution is 2.33. The van der Waals surface area contributed by atoms with E-state index in [1.807, 2.05) is 6.92 Å². The van der Waals surface area contributed by atoms with Crippen LogP contribution < -0.4 is 10.1 Å². The number of hydrogen-bond acceptors (Lipinski definition) is 4. The average Bonchev–Trinajstić information content (AvgIpc) is 2.94. The second kappa shape index (κ2) is 8.87. The van der Waals surface area contributed by atoms with Crippen molar-refractivity contribution in [2.24, 2.45) is 0 Å². The highest BCUT2D eigenvalue weighted by Gasteiger charge is 2.22. The fourth-order valence-corrected chi connectivity index (χ4v) is 3.10. The van der Waals surface area contributed by atoms with E-state index in [1.165, 1.54) is 6.92 Å². The number of rotatable bonds is 8. The molecular weight excluding hydrogens is 356 g/mol. The summed E-state index contributed by atoms with van der Waals surface area (Å²) in [5.74, 6) is -0.0370. The van der Waals surface area contributed by atoms with Crippen LogP contribution in [-0.2, 0) is 11.2 Å². The Balaban J connectivity index is 2.32. The molecule has 0 aliphatic heterocycles. The molecule has 0 unspecified atom stereocenters. The van der Waals surface area contributed by atoms with E-state index in [0.29, 0.717) is 58.6 Å². The molecule has 0 saturated carbocycles. The van der Waals surface area contributed by atoms with Crippen molar-refractivity contribution in [3.63, 3.8) is 0 Å². The Labute approximate surface area is 157 Å². The lowest BCUT2D eigenvalue weighted by atomic mass is 10.0. The first-order valence-electron chi connectivity index (χ1n) is 8.34. The predicted molar refractivity (Wildman–Crippen MR) is 102 cm³/mol. The molecule has 0 aliphatic rings. The largest absolute Gasteiger partial charge is 0.487 e. The molecule has 1 amide bonds. The lowest BCUT2D eigenvalue weighted by molar-refractivity contribution is 0.101. The van der Waals surface area contributed by atoms with E-state index in [1.54, 1.807) is 32.2 Å². The maximum Gasteiger partial charge on any atom is 0.272 e. The number of anilines is 1. The van der Waals surface area contributed by atoms with Gasteiger partial charge in [-0.05, 0) is 38.0 Å². The number of carbonyl (C=O) groups is 2. The van der Waals surface area contributed by atoms with Gasteiger partial charge in [-0.1, -0.05) is 24.6 Å². The van der Waals surface area contributed by atoms with Crippen molar-refractivity contribution in [3.8, 4) is 5.75 Å². The van der Waals surface area contributed by atoms with E-state index in [9.17, 15) is 9.59 Å². The number of ketones is 1. The minimum atomic E-state index is -0.351. The zero-order valence-corrected chi connectivity index (χ0v) is 16.1. The lowest BCUT2D eigenvalue weighted by Crippen LogP contribution is -2.16. The van der Waals surface area contributed by atoms with E-state index >= 15 is 0 Å². The van der Waals surface area contributed by atoms with Gasteiger partial charge in [0.25, 0.3) is 5.91 Å². The normalized spacial score (nSPS) is 10.7. The van der Waals surface area contributed by atoms with Gasteiger partial charge in [0.2, 0.25) is 0 Å². The van der Waals surface area contributed by atoms with E-state index in [2.05, 4.69) is 10.3 Å². The van der Waals surface area contributed by atoms with Gasteiger partial charge in [-0.25, -0.2) is 0 Å². The number of halogens is 1. The number of benzene rings is 1. The van der Waals surface area contributed by atoms with Crippen LogP contribution >= 0.6 is 11.6 Å². The van der Waals surface area contributed by atoms with Gasteiger partial charge in [0, 0.05) is 18.4 Å². The summed E-state index contributed by atoms with van der Waals surface area (Å²) in [6.07, 6.45) is 0.564.